The first-order chi connectivity index (χ1) is 14.7. The van der Waals surface area contributed by atoms with Crippen LogP contribution in [-0.4, -0.2) is 35.1 Å². The molecule has 1 aliphatic rings. The van der Waals surface area contributed by atoms with Crippen LogP contribution in [0.1, 0.15) is 65.4 Å². The van der Waals surface area contributed by atoms with E-state index in [1.807, 2.05) is 26.0 Å². The fourth-order valence-electron chi connectivity index (χ4n) is 3.43. The Bertz CT molecular complexity index is 786. The summed E-state index contributed by atoms with van der Waals surface area (Å²) in [5.41, 5.74) is 1.55. The lowest BCUT2D eigenvalue weighted by Gasteiger charge is -2.16. The van der Waals surface area contributed by atoms with E-state index in [0.29, 0.717) is 37.9 Å². The van der Waals surface area contributed by atoms with Gasteiger partial charge in [0.2, 0.25) is 17.7 Å². The van der Waals surface area contributed by atoms with Crippen molar-refractivity contribution in [1.29, 1.82) is 0 Å². The van der Waals surface area contributed by atoms with Crippen molar-refractivity contribution in [1.82, 2.24) is 4.90 Å². The molecule has 0 radical (unpaired) electrons. The van der Waals surface area contributed by atoms with Gasteiger partial charge in [0.25, 0.3) is 0 Å². The van der Waals surface area contributed by atoms with Gasteiger partial charge in [-0.15, -0.1) is 0 Å². The number of rotatable bonds is 11. The standard InChI is InChI=1S/C24H34N2O5/c1-16(2)20-14-22(28)26(23(20)29)13-7-5-6-8-21(27)25-19-11-9-18(10-12-19)15-31-24(30)17(3)4/h9-12,16-17,20H,5-8,13-15H2,1-4H3,(H,25,27). The zero-order valence-electron chi connectivity index (χ0n) is 19.0. The number of nitrogens with one attached hydrogen (secondary N) is 1. The van der Waals surface area contributed by atoms with Crippen molar-refractivity contribution in [3.8, 4) is 0 Å². The van der Waals surface area contributed by atoms with E-state index >= 15 is 0 Å². The number of carbonyl (C=O) groups excluding carboxylic acids is 4. The third-order valence-corrected chi connectivity index (χ3v) is 5.46. The molecule has 1 aromatic rings. The lowest BCUT2D eigenvalue weighted by molar-refractivity contribution is -0.148. The number of anilines is 1. The molecule has 0 saturated carbocycles. The number of hydrogen-bond donors (Lipinski definition) is 1. The molecule has 2 rings (SSSR count). The molecule has 0 aromatic heterocycles. The maximum atomic E-state index is 12.3. The third-order valence-electron chi connectivity index (χ3n) is 5.46. The van der Waals surface area contributed by atoms with E-state index in [1.54, 1.807) is 26.0 Å². The Morgan fingerprint density at radius 3 is 2.32 bits per heavy atom. The Kier molecular flexibility index (Phi) is 9.21. The van der Waals surface area contributed by atoms with Crippen LogP contribution in [0, 0.1) is 17.8 Å². The van der Waals surface area contributed by atoms with Gasteiger partial charge in [-0.05, 0) is 36.5 Å². The van der Waals surface area contributed by atoms with Gasteiger partial charge in [0.1, 0.15) is 6.61 Å². The van der Waals surface area contributed by atoms with E-state index in [0.717, 1.165) is 12.0 Å². The number of unbranched alkanes of at least 4 members (excludes halogenated alkanes) is 2. The van der Waals surface area contributed by atoms with Crippen molar-refractivity contribution in [2.24, 2.45) is 17.8 Å². The normalized spacial score (nSPS) is 16.3. The molecule has 0 aliphatic carbocycles. The number of imide groups is 1. The van der Waals surface area contributed by atoms with E-state index in [4.69, 9.17) is 4.74 Å². The van der Waals surface area contributed by atoms with E-state index in [-0.39, 0.29) is 48.1 Å². The van der Waals surface area contributed by atoms with Crippen molar-refractivity contribution in [2.45, 2.75) is 66.4 Å². The summed E-state index contributed by atoms with van der Waals surface area (Å²) < 4.78 is 5.18. The molecule has 1 aromatic carbocycles. The Hall–Kier alpha value is -2.70. The summed E-state index contributed by atoms with van der Waals surface area (Å²) in [5.74, 6) is -0.625. The monoisotopic (exact) mass is 430 g/mol. The van der Waals surface area contributed by atoms with Gasteiger partial charge >= 0.3 is 5.97 Å². The van der Waals surface area contributed by atoms with Gasteiger partial charge < -0.3 is 10.1 Å². The van der Waals surface area contributed by atoms with E-state index in [2.05, 4.69) is 5.32 Å². The molecule has 0 bridgehead atoms. The Morgan fingerprint density at radius 2 is 1.74 bits per heavy atom. The van der Waals surface area contributed by atoms with Gasteiger partial charge in [-0.2, -0.15) is 0 Å². The highest BCUT2D eigenvalue weighted by Gasteiger charge is 2.39. The van der Waals surface area contributed by atoms with Gasteiger partial charge in [-0.1, -0.05) is 46.2 Å². The number of hydrogen-bond acceptors (Lipinski definition) is 5. The first kappa shape index (κ1) is 24.6. The summed E-state index contributed by atoms with van der Waals surface area (Å²) in [5, 5.41) is 2.85. The number of amides is 3. The molecular weight excluding hydrogens is 396 g/mol. The number of carbonyl (C=O) groups is 4. The van der Waals surface area contributed by atoms with Gasteiger partial charge in [0, 0.05) is 31.0 Å². The minimum atomic E-state index is -0.240. The molecule has 1 atom stereocenters. The molecular formula is C24H34N2O5. The Labute approximate surface area is 184 Å². The minimum Gasteiger partial charge on any atom is -0.461 e. The summed E-state index contributed by atoms with van der Waals surface area (Å²) in [7, 11) is 0. The molecule has 1 N–H and O–H groups in total. The lowest BCUT2D eigenvalue weighted by Crippen LogP contribution is -2.32. The average Bonchev–Trinajstić information content (AvgIpc) is 3.01. The molecule has 1 aliphatic heterocycles. The molecule has 1 saturated heterocycles. The summed E-state index contributed by atoms with van der Waals surface area (Å²) in [6, 6.07) is 7.20. The summed E-state index contributed by atoms with van der Waals surface area (Å²) in [4.78, 5) is 49.3. The number of nitrogens with zero attached hydrogens (tertiary/aromatic N) is 1. The molecule has 0 spiro atoms. The van der Waals surface area contributed by atoms with Crippen molar-refractivity contribution in [2.75, 3.05) is 11.9 Å². The minimum absolute atomic E-state index is 0.0554. The lowest BCUT2D eigenvalue weighted by atomic mass is 9.94. The second-order valence-electron chi connectivity index (χ2n) is 8.76. The van der Waals surface area contributed by atoms with E-state index in [9.17, 15) is 19.2 Å². The first-order valence-electron chi connectivity index (χ1n) is 11.1. The number of esters is 1. The Balaban J connectivity index is 1.64. The van der Waals surface area contributed by atoms with Crippen LogP contribution in [0.4, 0.5) is 5.69 Å². The second kappa shape index (κ2) is 11.6. The molecule has 3 amide bonds. The van der Waals surface area contributed by atoms with Crippen LogP contribution < -0.4 is 5.32 Å². The maximum Gasteiger partial charge on any atom is 0.308 e. The van der Waals surface area contributed by atoms with Crippen LogP contribution in [0.3, 0.4) is 0 Å². The second-order valence-corrected chi connectivity index (χ2v) is 8.76. The van der Waals surface area contributed by atoms with Gasteiger partial charge in [0.15, 0.2) is 0 Å². The van der Waals surface area contributed by atoms with Crippen LogP contribution in [-0.2, 0) is 30.5 Å². The fraction of sp³-hybridized carbons (Fsp3) is 0.583. The molecule has 170 valence electrons. The summed E-state index contributed by atoms with van der Waals surface area (Å²) in [6.45, 7) is 8.15. The number of ether oxygens (including phenoxy) is 1. The SMILES string of the molecule is CC(C)C(=O)OCc1ccc(NC(=O)CCCCCN2C(=O)CC(C(C)C)C2=O)cc1. The van der Waals surface area contributed by atoms with Gasteiger partial charge in [0.05, 0.1) is 5.92 Å². The highest BCUT2D eigenvalue weighted by atomic mass is 16.5. The van der Waals surface area contributed by atoms with E-state index in [1.165, 1.54) is 4.90 Å². The predicted octanol–water partition coefficient (Wildman–Crippen LogP) is 3.92. The average molecular weight is 431 g/mol. The Morgan fingerprint density at radius 1 is 1.06 bits per heavy atom. The van der Waals surface area contributed by atoms with Crippen LogP contribution in [0.5, 0.6) is 0 Å². The molecule has 7 nitrogen and oxygen atoms in total. The van der Waals surface area contributed by atoms with Crippen molar-refractivity contribution >= 4 is 29.4 Å². The van der Waals surface area contributed by atoms with Crippen LogP contribution in [0.2, 0.25) is 0 Å². The smallest absolute Gasteiger partial charge is 0.308 e. The number of benzene rings is 1. The highest BCUT2D eigenvalue weighted by molar-refractivity contribution is 6.03. The third kappa shape index (κ3) is 7.49. The van der Waals surface area contributed by atoms with Crippen molar-refractivity contribution < 1.29 is 23.9 Å². The van der Waals surface area contributed by atoms with Crippen molar-refractivity contribution in [3.63, 3.8) is 0 Å². The maximum absolute atomic E-state index is 12.3. The predicted molar refractivity (Wildman–Crippen MR) is 118 cm³/mol. The first-order valence-corrected chi connectivity index (χ1v) is 11.1. The van der Waals surface area contributed by atoms with Crippen molar-refractivity contribution in [3.05, 3.63) is 29.8 Å². The number of likely N-dealkylation sites (tertiary alicyclic amines) is 1. The van der Waals surface area contributed by atoms with E-state index < -0.39 is 0 Å². The molecule has 31 heavy (non-hydrogen) atoms. The highest BCUT2D eigenvalue weighted by Crippen LogP contribution is 2.26. The zero-order chi connectivity index (χ0) is 23.0. The summed E-state index contributed by atoms with van der Waals surface area (Å²) in [6.07, 6.45) is 2.87. The van der Waals surface area contributed by atoms with Gasteiger partial charge in [-0.25, -0.2) is 0 Å². The molecule has 1 heterocycles. The molecule has 1 unspecified atom stereocenters. The largest absolute Gasteiger partial charge is 0.461 e. The molecule has 1 fully saturated rings. The fourth-order valence-corrected chi connectivity index (χ4v) is 3.43. The zero-order valence-corrected chi connectivity index (χ0v) is 19.0. The van der Waals surface area contributed by atoms with Crippen LogP contribution in [0.15, 0.2) is 24.3 Å². The van der Waals surface area contributed by atoms with Crippen LogP contribution in [0.25, 0.3) is 0 Å². The quantitative estimate of drug-likeness (QED) is 0.326. The summed E-state index contributed by atoms with van der Waals surface area (Å²) >= 11 is 0. The van der Waals surface area contributed by atoms with Gasteiger partial charge in [-0.3, -0.25) is 24.1 Å². The van der Waals surface area contributed by atoms with Crippen LogP contribution >= 0.6 is 0 Å². The molecule has 7 heteroatoms. The topological polar surface area (TPSA) is 92.8 Å².